The molecule has 0 spiro atoms. The number of carbonyl (C=O) groups excluding carboxylic acids is 2. The van der Waals surface area contributed by atoms with Gasteiger partial charge in [-0.2, -0.15) is 5.10 Å². The quantitative estimate of drug-likeness (QED) is 0.846. The third-order valence-corrected chi connectivity index (χ3v) is 5.08. The molecule has 1 aromatic carbocycles. The Hall–Kier alpha value is -2.67. The molecule has 2 N–H and O–H groups in total. The van der Waals surface area contributed by atoms with E-state index in [2.05, 4.69) is 15.7 Å². The van der Waals surface area contributed by atoms with Gasteiger partial charge in [-0.3, -0.25) is 14.3 Å². The molecule has 2 amide bonds. The van der Waals surface area contributed by atoms with Gasteiger partial charge in [0.1, 0.15) is 5.69 Å². The van der Waals surface area contributed by atoms with E-state index in [9.17, 15) is 9.59 Å². The van der Waals surface area contributed by atoms with E-state index in [1.807, 2.05) is 42.9 Å². The highest BCUT2D eigenvalue weighted by Crippen LogP contribution is 2.18. The molecular weight excluding hydrogens is 342 g/mol. The fourth-order valence-corrected chi connectivity index (χ4v) is 3.27. The van der Waals surface area contributed by atoms with Gasteiger partial charge < -0.3 is 15.5 Å². The van der Waals surface area contributed by atoms with Crippen LogP contribution in [-0.4, -0.2) is 53.2 Å². The molecular formula is C20H27N5O2. The van der Waals surface area contributed by atoms with Crippen molar-refractivity contribution in [1.82, 2.24) is 20.0 Å². The van der Waals surface area contributed by atoms with Gasteiger partial charge in [0, 0.05) is 25.5 Å². The average molecular weight is 369 g/mol. The lowest BCUT2D eigenvalue weighted by molar-refractivity contribution is -0.116. The summed E-state index contributed by atoms with van der Waals surface area (Å²) in [6.45, 7) is 5.83. The van der Waals surface area contributed by atoms with Gasteiger partial charge in [0.2, 0.25) is 5.91 Å². The Morgan fingerprint density at radius 3 is 2.89 bits per heavy atom. The van der Waals surface area contributed by atoms with Crippen molar-refractivity contribution in [2.75, 3.05) is 32.0 Å². The normalized spacial score (nSPS) is 16.8. The molecule has 144 valence electrons. The number of nitrogens with zero attached hydrogens (tertiary/aromatic N) is 3. The number of carbonyl (C=O) groups is 2. The number of piperidine rings is 1. The highest BCUT2D eigenvalue weighted by atomic mass is 16.2. The molecule has 3 rings (SSSR count). The van der Waals surface area contributed by atoms with Crippen LogP contribution >= 0.6 is 0 Å². The molecule has 0 saturated carbocycles. The summed E-state index contributed by atoms with van der Waals surface area (Å²) in [5.41, 5.74) is 3.28. The summed E-state index contributed by atoms with van der Waals surface area (Å²) in [7, 11) is 1.62. The molecule has 1 aromatic heterocycles. The van der Waals surface area contributed by atoms with Crippen LogP contribution in [0.15, 0.2) is 30.5 Å². The van der Waals surface area contributed by atoms with Gasteiger partial charge in [-0.1, -0.05) is 12.1 Å². The van der Waals surface area contributed by atoms with Crippen molar-refractivity contribution in [1.29, 1.82) is 0 Å². The van der Waals surface area contributed by atoms with Crippen LogP contribution < -0.4 is 10.6 Å². The first kappa shape index (κ1) is 19.1. The number of amides is 2. The SMILES string of the molecule is Cc1cccc(NC(=O)CN(C)C(=O)c2ccn(C3CCCNC3)n2)c1C. The molecule has 1 aliphatic rings. The molecule has 27 heavy (non-hydrogen) atoms. The zero-order valence-electron chi connectivity index (χ0n) is 16.2. The maximum atomic E-state index is 12.6. The van der Waals surface area contributed by atoms with Crippen molar-refractivity contribution >= 4 is 17.5 Å². The third-order valence-electron chi connectivity index (χ3n) is 5.08. The predicted molar refractivity (Wildman–Crippen MR) is 105 cm³/mol. The van der Waals surface area contributed by atoms with E-state index in [1.54, 1.807) is 13.1 Å². The van der Waals surface area contributed by atoms with Crippen molar-refractivity contribution < 1.29 is 9.59 Å². The van der Waals surface area contributed by atoms with E-state index in [1.165, 1.54) is 4.90 Å². The topological polar surface area (TPSA) is 79.3 Å². The van der Waals surface area contributed by atoms with Gasteiger partial charge >= 0.3 is 0 Å². The number of hydrogen-bond acceptors (Lipinski definition) is 4. The first-order chi connectivity index (χ1) is 13.0. The van der Waals surface area contributed by atoms with E-state index in [4.69, 9.17) is 0 Å². The van der Waals surface area contributed by atoms with E-state index in [0.29, 0.717) is 5.69 Å². The Morgan fingerprint density at radius 2 is 2.15 bits per heavy atom. The van der Waals surface area contributed by atoms with Crippen molar-refractivity contribution in [2.24, 2.45) is 0 Å². The average Bonchev–Trinajstić information content (AvgIpc) is 3.15. The predicted octanol–water partition coefficient (Wildman–Crippen LogP) is 2.14. The fraction of sp³-hybridized carbons (Fsp3) is 0.450. The first-order valence-electron chi connectivity index (χ1n) is 9.33. The molecule has 7 heteroatoms. The van der Waals surface area contributed by atoms with E-state index in [0.717, 1.165) is 42.7 Å². The molecule has 1 atom stereocenters. The minimum atomic E-state index is -0.256. The van der Waals surface area contributed by atoms with E-state index >= 15 is 0 Å². The fourth-order valence-electron chi connectivity index (χ4n) is 3.27. The number of aryl methyl sites for hydroxylation is 1. The Morgan fingerprint density at radius 1 is 1.33 bits per heavy atom. The van der Waals surface area contributed by atoms with Gasteiger partial charge in [-0.25, -0.2) is 0 Å². The number of benzene rings is 1. The maximum Gasteiger partial charge on any atom is 0.274 e. The van der Waals surface area contributed by atoms with E-state index < -0.39 is 0 Å². The molecule has 1 unspecified atom stereocenters. The van der Waals surface area contributed by atoms with Crippen molar-refractivity contribution in [2.45, 2.75) is 32.7 Å². The second kappa shape index (κ2) is 8.35. The lowest BCUT2D eigenvalue weighted by atomic mass is 10.1. The highest BCUT2D eigenvalue weighted by molar-refractivity contribution is 5.98. The van der Waals surface area contributed by atoms with Gasteiger partial charge in [-0.05, 0) is 56.5 Å². The molecule has 0 aliphatic carbocycles. The Labute approximate surface area is 159 Å². The summed E-state index contributed by atoms with van der Waals surface area (Å²) in [4.78, 5) is 26.3. The second-order valence-corrected chi connectivity index (χ2v) is 7.14. The number of rotatable bonds is 5. The van der Waals surface area contributed by atoms with Crippen LogP contribution in [0.1, 0.15) is 40.5 Å². The van der Waals surface area contributed by atoms with Crippen LogP contribution in [-0.2, 0) is 4.79 Å². The Kier molecular flexibility index (Phi) is 5.91. The molecule has 1 aliphatic heterocycles. The lowest BCUT2D eigenvalue weighted by Crippen LogP contribution is -2.35. The summed E-state index contributed by atoms with van der Waals surface area (Å²) in [6, 6.07) is 7.76. The van der Waals surface area contributed by atoms with Crippen molar-refractivity contribution in [3.8, 4) is 0 Å². The standard InChI is InChI=1S/C20H27N5O2/c1-14-6-4-8-17(15(14)2)22-19(26)13-24(3)20(27)18-9-11-25(23-18)16-7-5-10-21-12-16/h4,6,8-9,11,16,21H,5,7,10,12-13H2,1-3H3,(H,22,26). The van der Waals surface area contributed by atoms with Crippen molar-refractivity contribution in [3.63, 3.8) is 0 Å². The maximum absolute atomic E-state index is 12.6. The van der Waals surface area contributed by atoms with Gasteiger partial charge in [-0.15, -0.1) is 0 Å². The molecule has 2 heterocycles. The zero-order valence-corrected chi connectivity index (χ0v) is 16.2. The van der Waals surface area contributed by atoms with Crippen LogP contribution in [0.25, 0.3) is 0 Å². The Bertz CT molecular complexity index is 824. The van der Waals surface area contributed by atoms with Crippen LogP contribution in [0.3, 0.4) is 0 Å². The van der Waals surface area contributed by atoms with Gasteiger partial charge in [0.05, 0.1) is 12.6 Å². The third kappa shape index (κ3) is 4.54. The Balaban J connectivity index is 1.59. The summed E-state index contributed by atoms with van der Waals surface area (Å²) >= 11 is 0. The number of nitrogens with one attached hydrogen (secondary N) is 2. The van der Waals surface area contributed by atoms with Crippen LogP contribution in [0.4, 0.5) is 5.69 Å². The largest absolute Gasteiger partial charge is 0.331 e. The van der Waals surface area contributed by atoms with Crippen LogP contribution in [0.5, 0.6) is 0 Å². The summed E-state index contributed by atoms with van der Waals surface area (Å²) < 4.78 is 1.85. The monoisotopic (exact) mass is 369 g/mol. The number of anilines is 1. The van der Waals surface area contributed by atoms with Crippen LogP contribution in [0, 0.1) is 13.8 Å². The number of aromatic nitrogens is 2. The minimum absolute atomic E-state index is 0.0238. The molecule has 0 bridgehead atoms. The summed E-state index contributed by atoms with van der Waals surface area (Å²) in [5, 5.41) is 10.6. The second-order valence-electron chi connectivity index (χ2n) is 7.14. The van der Waals surface area contributed by atoms with E-state index in [-0.39, 0.29) is 24.4 Å². The molecule has 0 radical (unpaired) electrons. The lowest BCUT2D eigenvalue weighted by Gasteiger charge is -2.23. The molecule has 2 aromatic rings. The minimum Gasteiger partial charge on any atom is -0.331 e. The molecule has 7 nitrogen and oxygen atoms in total. The van der Waals surface area contributed by atoms with Gasteiger partial charge in [0.15, 0.2) is 0 Å². The zero-order chi connectivity index (χ0) is 19.4. The van der Waals surface area contributed by atoms with Crippen molar-refractivity contribution in [3.05, 3.63) is 47.3 Å². The highest BCUT2D eigenvalue weighted by Gasteiger charge is 2.21. The molecule has 1 saturated heterocycles. The van der Waals surface area contributed by atoms with Gasteiger partial charge in [0.25, 0.3) is 5.91 Å². The number of hydrogen-bond donors (Lipinski definition) is 2. The van der Waals surface area contributed by atoms with Crippen LogP contribution in [0.2, 0.25) is 0 Å². The number of likely N-dealkylation sites (N-methyl/N-ethyl adjacent to an activating group) is 1. The summed E-state index contributed by atoms with van der Waals surface area (Å²) in [6.07, 6.45) is 4.00. The smallest absolute Gasteiger partial charge is 0.274 e. The summed E-state index contributed by atoms with van der Waals surface area (Å²) in [5.74, 6) is -0.482. The first-order valence-corrected chi connectivity index (χ1v) is 9.33. The molecule has 1 fully saturated rings.